The topological polar surface area (TPSA) is 50.7 Å². The van der Waals surface area contributed by atoms with Gasteiger partial charge in [0.15, 0.2) is 0 Å². The highest BCUT2D eigenvalue weighted by Crippen LogP contribution is 2.23. The van der Waals surface area contributed by atoms with E-state index in [1.54, 1.807) is 12.1 Å². The van der Waals surface area contributed by atoms with Crippen molar-refractivity contribution in [2.24, 2.45) is 5.92 Å². The zero-order chi connectivity index (χ0) is 14.4. The van der Waals surface area contributed by atoms with Crippen molar-refractivity contribution < 1.29 is 14.6 Å². The largest absolute Gasteiger partial charge is 0.489 e. The summed E-state index contributed by atoms with van der Waals surface area (Å²) in [5, 5.41) is 13.8. The van der Waals surface area contributed by atoms with Crippen molar-refractivity contribution in [1.82, 2.24) is 5.32 Å². The number of hydrogen-bond donors (Lipinski definition) is 2. The highest BCUT2D eigenvalue weighted by molar-refractivity contribution is 6.32. The smallest absolute Gasteiger partial charge is 0.138 e. The monoisotopic (exact) mass is 299 g/mol. The second kappa shape index (κ2) is 7.84. The number of rotatable bonds is 7. The van der Waals surface area contributed by atoms with Crippen molar-refractivity contribution in [2.75, 3.05) is 26.4 Å². The minimum atomic E-state index is -0.559. The van der Waals surface area contributed by atoms with Crippen LogP contribution in [0.4, 0.5) is 0 Å². The van der Waals surface area contributed by atoms with Gasteiger partial charge in [0.25, 0.3) is 0 Å². The van der Waals surface area contributed by atoms with E-state index in [1.807, 2.05) is 12.1 Å². The van der Waals surface area contributed by atoms with Gasteiger partial charge in [-0.1, -0.05) is 23.7 Å². The van der Waals surface area contributed by atoms with Crippen LogP contribution >= 0.6 is 11.6 Å². The Morgan fingerprint density at radius 2 is 2.30 bits per heavy atom. The van der Waals surface area contributed by atoms with E-state index in [9.17, 15) is 5.11 Å². The van der Waals surface area contributed by atoms with Crippen molar-refractivity contribution in [3.8, 4) is 5.75 Å². The first-order valence-electron chi connectivity index (χ1n) is 7.03. The second-order valence-electron chi connectivity index (χ2n) is 5.22. The van der Waals surface area contributed by atoms with E-state index in [0.29, 0.717) is 29.3 Å². The van der Waals surface area contributed by atoms with E-state index in [4.69, 9.17) is 21.1 Å². The SMILES string of the molecule is CC(NCC(O)COc1ccccc1Cl)C1CCOC1. The Hall–Kier alpha value is -0.810. The molecule has 0 aliphatic carbocycles. The van der Waals surface area contributed by atoms with Gasteiger partial charge < -0.3 is 19.9 Å². The third-order valence-corrected chi connectivity index (χ3v) is 3.93. The van der Waals surface area contributed by atoms with Gasteiger partial charge in [-0.25, -0.2) is 0 Å². The first kappa shape index (κ1) is 15.6. The van der Waals surface area contributed by atoms with Crippen LogP contribution in [-0.2, 0) is 4.74 Å². The summed E-state index contributed by atoms with van der Waals surface area (Å²) in [6.45, 7) is 4.50. The van der Waals surface area contributed by atoms with Crippen LogP contribution in [0.1, 0.15) is 13.3 Å². The van der Waals surface area contributed by atoms with E-state index >= 15 is 0 Å². The molecule has 2 N–H and O–H groups in total. The van der Waals surface area contributed by atoms with Gasteiger partial charge in [-0.05, 0) is 31.4 Å². The molecule has 112 valence electrons. The standard InChI is InChI=1S/C15H22ClNO3/c1-11(12-6-7-19-9-12)17-8-13(18)10-20-15-5-3-2-4-14(15)16/h2-5,11-13,17-18H,6-10H2,1H3. The van der Waals surface area contributed by atoms with E-state index in [1.165, 1.54) is 0 Å². The summed E-state index contributed by atoms with van der Waals surface area (Å²) in [6, 6.07) is 7.60. The lowest BCUT2D eigenvalue weighted by molar-refractivity contribution is 0.100. The maximum atomic E-state index is 9.93. The average Bonchev–Trinajstić information content (AvgIpc) is 2.98. The number of aliphatic hydroxyl groups excluding tert-OH is 1. The first-order valence-corrected chi connectivity index (χ1v) is 7.41. The van der Waals surface area contributed by atoms with Crippen LogP contribution in [0.5, 0.6) is 5.75 Å². The average molecular weight is 300 g/mol. The van der Waals surface area contributed by atoms with Crippen LogP contribution in [0.15, 0.2) is 24.3 Å². The van der Waals surface area contributed by atoms with Gasteiger partial charge in [0.1, 0.15) is 18.5 Å². The van der Waals surface area contributed by atoms with Crippen LogP contribution < -0.4 is 10.1 Å². The maximum absolute atomic E-state index is 9.93. The van der Waals surface area contributed by atoms with E-state index in [0.717, 1.165) is 19.6 Å². The van der Waals surface area contributed by atoms with Crippen molar-refractivity contribution in [2.45, 2.75) is 25.5 Å². The number of halogens is 1. The van der Waals surface area contributed by atoms with Crippen LogP contribution in [0.3, 0.4) is 0 Å². The van der Waals surface area contributed by atoms with E-state index < -0.39 is 6.10 Å². The quantitative estimate of drug-likeness (QED) is 0.809. The Balaban J connectivity index is 1.67. The molecular formula is C15H22ClNO3. The Bertz CT molecular complexity index is 410. The molecule has 20 heavy (non-hydrogen) atoms. The molecule has 1 saturated heterocycles. The van der Waals surface area contributed by atoms with Crippen LogP contribution in [-0.4, -0.2) is 43.6 Å². The van der Waals surface area contributed by atoms with E-state index in [-0.39, 0.29) is 6.61 Å². The van der Waals surface area contributed by atoms with Crippen molar-refractivity contribution >= 4 is 11.6 Å². The van der Waals surface area contributed by atoms with Crippen molar-refractivity contribution in [1.29, 1.82) is 0 Å². The molecule has 0 amide bonds. The highest BCUT2D eigenvalue weighted by Gasteiger charge is 2.22. The molecule has 1 aromatic carbocycles. The molecule has 3 atom stereocenters. The number of hydrogen-bond acceptors (Lipinski definition) is 4. The minimum Gasteiger partial charge on any atom is -0.489 e. The lowest BCUT2D eigenvalue weighted by Crippen LogP contribution is -2.40. The Morgan fingerprint density at radius 1 is 1.50 bits per heavy atom. The first-order chi connectivity index (χ1) is 9.66. The second-order valence-corrected chi connectivity index (χ2v) is 5.62. The van der Waals surface area contributed by atoms with Gasteiger partial charge in [-0.2, -0.15) is 0 Å². The summed E-state index contributed by atoms with van der Waals surface area (Å²) < 4.78 is 10.9. The lowest BCUT2D eigenvalue weighted by atomic mass is 10.0. The van der Waals surface area contributed by atoms with Gasteiger partial charge in [-0.3, -0.25) is 0 Å². The molecule has 2 rings (SSSR count). The third-order valence-electron chi connectivity index (χ3n) is 3.62. The molecule has 1 heterocycles. The van der Waals surface area contributed by atoms with Crippen LogP contribution in [0, 0.1) is 5.92 Å². The summed E-state index contributed by atoms with van der Waals surface area (Å²) in [4.78, 5) is 0. The van der Waals surface area contributed by atoms with Crippen LogP contribution in [0.2, 0.25) is 5.02 Å². The Morgan fingerprint density at radius 3 is 3.00 bits per heavy atom. The molecule has 3 unspecified atom stereocenters. The molecule has 0 bridgehead atoms. The molecule has 5 heteroatoms. The van der Waals surface area contributed by atoms with Gasteiger partial charge in [0.05, 0.1) is 11.6 Å². The summed E-state index contributed by atoms with van der Waals surface area (Å²) in [6.07, 6.45) is 0.524. The fourth-order valence-electron chi connectivity index (χ4n) is 2.24. The Labute approximate surface area is 125 Å². The number of benzene rings is 1. The molecule has 1 fully saturated rings. The minimum absolute atomic E-state index is 0.227. The molecule has 1 aliphatic heterocycles. The molecular weight excluding hydrogens is 278 g/mol. The van der Waals surface area contributed by atoms with Crippen LogP contribution in [0.25, 0.3) is 0 Å². The predicted octanol–water partition coefficient (Wildman–Crippen LogP) is 2.09. The van der Waals surface area contributed by atoms with E-state index in [2.05, 4.69) is 12.2 Å². The summed E-state index contributed by atoms with van der Waals surface area (Å²) in [5.74, 6) is 1.14. The molecule has 1 aliphatic rings. The number of ether oxygens (including phenoxy) is 2. The van der Waals surface area contributed by atoms with Gasteiger partial charge in [-0.15, -0.1) is 0 Å². The number of aliphatic hydroxyl groups is 1. The summed E-state index contributed by atoms with van der Waals surface area (Å²) >= 11 is 5.99. The van der Waals surface area contributed by atoms with Crippen molar-refractivity contribution in [3.05, 3.63) is 29.3 Å². The third kappa shape index (κ3) is 4.63. The summed E-state index contributed by atoms with van der Waals surface area (Å²) in [5.41, 5.74) is 0. The zero-order valence-corrected chi connectivity index (χ0v) is 12.5. The summed E-state index contributed by atoms with van der Waals surface area (Å²) in [7, 11) is 0. The molecule has 0 aromatic heterocycles. The number of para-hydroxylation sites is 1. The van der Waals surface area contributed by atoms with Gasteiger partial charge >= 0.3 is 0 Å². The van der Waals surface area contributed by atoms with Crippen molar-refractivity contribution in [3.63, 3.8) is 0 Å². The molecule has 4 nitrogen and oxygen atoms in total. The molecule has 0 radical (unpaired) electrons. The predicted molar refractivity (Wildman–Crippen MR) is 79.3 cm³/mol. The number of nitrogens with one attached hydrogen (secondary N) is 1. The molecule has 1 aromatic rings. The molecule has 0 saturated carbocycles. The lowest BCUT2D eigenvalue weighted by Gasteiger charge is -2.21. The molecule has 0 spiro atoms. The van der Waals surface area contributed by atoms with Gasteiger partial charge in [0.2, 0.25) is 0 Å². The highest BCUT2D eigenvalue weighted by atomic mass is 35.5. The fourth-order valence-corrected chi connectivity index (χ4v) is 2.43. The normalized spacial score (nSPS) is 21.6. The van der Waals surface area contributed by atoms with Gasteiger partial charge in [0, 0.05) is 19.2 Å². The maximum Gasteiger partial charge on any atom is 0.138 e. The Kier molecular flexibility index (Phi) is 6.10. The fraction of sp³-hybridized carbons (Fsp3) is 0.600. The zero-order valence-electron chi connectivity index (χ0n) is 11.7.